The summed E-state index contributed by atoms with van der Waals surface area (Å²) >= 11 is 0. The molecule has 0 aliphatic heterocycles. The minimum atomic E-state index is -0.769. The third-order valence-corrected chi connectivity index (χ3v) is 16.9. The highest BCUT2D eigenvalue weighted by Gasteiger charge is 2.20. The van der Waals surface area contributed by atoms with Gasteiger partial charge in [-0.25, -0.2) is 0 Å². The van der Waals surface area contributed by atoms with Crippen LogP contribution in [0.5, 0.6) is 0 Å². The van der Waals surface area contributed by atoms with Crippen LogP contribution in [-0.4, -0.2) is 37.2 Å². The second kappa shape index (κ2) is 71.1. The summed E-state index contributed by atoms with van der Waals surface area (Å²) in [5.74, 6) is -0.830. The number of ether oxygens (including phenoxy) is 3. The van der Waals surface area contributed by atoms with Crippen molar-refractivity contribution in [2.75, 3.05) is 13.2 Å². The molecule has 0 N–H and O–H groups in total. The second-order valence-corrected chi connectivity index (χ2v) is 25.2. The van der Waals surface area contributed by atoms with Gasteiger partial charge in [-0.1, -0.05) is 372 Å². The van der Waals surface area contributed by atoms with E-state index in [9.17, 15) is 14.4 Å². The normalized spacial score (nSPS) is 12.2. The molecular formula is C76H142O6. The van der Waals surface area contributed by atoms with Crippen molar-refractivity contribution in [1.29, 1.82) is 0 Å². The van der Waals surface area contributed by atoms with Crippen LogP contribution in [0.25, 0.3) is 0 Å². The fourth-order valence-electron chi connectivity index (χ4n) is 11.3. The van der Waals surface area contributed by atoms with Crippen molar-refractivity contribution in [3.63, 3.8) is 0 Å². The lowest BCUT2D eigenvalue weighted by Crippen LogP contribution is -2.30. The Morgan fingerprint density at radius 1 is 0.244 bits per heavy atom. The molecule has 0 aromatic rings. The van der Waals surface area contributed by atoms with Crippen molar-refractivity contribution in [3.05, 3.63) is 36.5 Å². The number of unbranched alkanes of at least 4 members (excludes halogenated alkanes) is 52. The van der Waals surface area contributed by atoms with E-state index < -0.39 is 6.10 Å². The summed E-state index contributed by atoms with van der Waals surface area (Å²) in [6.07, 6.45) is 88.9. The van der Waals surface area contributed by atoms with E-state index in [4.69, 9.17) is 14.2 Å². The quantitative estimate of drug-likeness (QED) is 0.0261. The lowest BCUT2D eigenvalue weighted by atomic mass is 10.0. The average Bonchev–Trinajstić information content (AvgIpc) is 3.47. The number of carbonyl (C=O) groups excluding carboxylic acids is 3. The summed E-state index contributed by atoms with van der Waals surface area (Å²) in [5.41, 5.74) is 0. The molecule has 0 rings (SSSR count). The number of hydrogen-bond donors (Lipinski definition) is 0. The summed E-state index contributed by atoms with van der Waals surface area (Å²) in [5, 5.41) is 0. The van der Waals surface area contributed by atoms with Gasteiger partial charge in [-0.15, -0.1) is 0 Å². The molecule has 0 saturated carbocycles. The summed E-state index contributed by atoms with van der Waals surface area (Å²) in [6.45, 7) is 6.72. The van der Waals surface area contributed by atoms with Crippen LogP contribution in [0.15, 0.2) is 36.5 Å². The van der Waals surface area contributed by atoms with Gasteiger partial charge in [0.15, 0.2) is 6.10 Å². The molecule has 0 aromatic heterocycles. The van der Waals surface area contributed by atoms with Crippen LogP contribution in [-0.2, 0) is 28.6 Å². The van der Waals surface area contributed by atoms with Gasteiger partial charge in [-0.3, -0.25) is 14.4 Å². The van der Waals surface area contributed by atoms with Gasteiger partial charge in [0.25, 0.3) is 0 Å². The van der Waals surface area contributed by atoms with E-state index in [0.717, 1.165) is 70.6 Å². The van der Waals surface area contributed by atoms with Crippen LogP contribution in [0.4, 0.5) is 0 Å². The summed E-state index contributed by atoms with van der Waals surface area (Å²) in [4.78, 5) is 38.5. The Morgan fingerprint density at radius 2 is 0.439 bits per heavy atom. The van der Waals surface area contributed by atoms with Crippen LogP contribution in [0.1, 0.15) is 412 Å². The SMILES string of the molecule is CCCCCCC/C=C\C/C=C\C/C=C\CCCCCCCCCCCCCCCCC(=O)OCC(COC(=O)CCCCCCCCCCCCCCCCCCC)OC(=O)CCCCCCCCCCCCCCCCCCCC. The van der Waals surface area contributed by atoms with Crippen molar-refractivity contribution in [3.8, 4) is 0 Å². The largest absolute Gasteiger partial charge is 0.462 e. The summed E-state index contributed by atoms with van der Waals surface area (Å²) < 4.78 is 17.0. The highest BCUT2D eigenvalue weighted by molar-refractivity contribution is 5.71. The maximum Gasteiger partial charge on any atom is 0.306 e. The van der Waals surface area contributed by atoms with E-state index in [0.29, 0.717) is 19.3 Å². The molecule has 0 radical (unpaired) electrons. The van der Waals surface area contributed by atoms with Crippen LogP contribution < -0.4 is 0 Å². The predicted molar refractivity (Wildman–Crippen MR) is 358 cm³/mol. The second-order valence-electron chi connectivity index (χ2n) is 25.2. The minimum Gasteiger partial charge on any atom is -0.462 e. The van der Waals surface area contributed by atoms with E-state index in [2.05, 4.69) is 57.2 Å². The predicted octanol–water partition coefficient (Wildman–Crippen LogP) is 25.5. The lowest BCUT2D eigenvalue weighted by molar-refractivity contribution is -0.167. The van der Waals surface area contributed by atoms with Crippen molar-refractivity contribution >= 4 is 17.9 Å². The maximum absolute atomic E-state index is 13.0. The average molecular weight is 1150 g/mol. The molecule has 0 fully saturated rings. The molecule has 0 aromatic carbocycles. The van der Waals surface area contributed by atoms with Gasteiger partial charge in [0.1, 0.15) is 13.2 Å². The molecule has 6 heteroatoms. The third-order valence-electron chi connectivity index (χ3n) is 16.9. The van der Waals surface area contributed by atoms with Gasteiger partial charge >= 0.3 is 17.9 Å². The maximum atomic E-state index is 13.0. The molecule has 0 spiro atoms. The number of hydrogen-bond acceptors (Lipinski definition) is 6. The molecule has 0 amide bonds. The van der Waals surface area contributed by atoms with Crippen molar-refractivity contribution in [2.45, 2.75) is 419 Å². The number of carbonyl (C=O) groups is 3. The molecule has 0 aliphatic rings. The van der Waals surface area contributed by atoms with E-state index in [-0.39, 0.29) is 31.1 Å². The first-order chi connectivity index (χ1) is 40.5. The van der Waals surface area contributed by atoms with Crippen LogP contribution in [0.2, 0.25) is 0 Å². The van der Waals surface area contributed by atoms with Crippen LogP contribution in [0, 0.1) is 0 Å². The Labute approximate surface area is 512 Å². The van der Waals surface area contributed by atoms with Gasteiger partial charge in [0.2, 0.25) is 0 Å². The van der Waals surface area contributed by atoms with Crippen molar-refractivity contribution in [1.82, 2.24) is 0 Å². The van der Waals surface area contributed by atoms with E-state index in [1.54, 1.807) is 0 Å². The molecule has 0 saturated heterocycles. The Hall–Kier alpha value is -2.37. The number of allylic oxidation sites excluding steroid dienone is 6. The highest BCUT2D eigenvalue weighted by atomic mass is 16.6. The topological polar surface area (TPSA) is 78.9 Å². The molecular weight excluding hydrogens is 1010 g/mol. The van der Waals surface area contributed by atoms with Gasteiger partial charge in [-0.05, 0) is 57.8 Å². The third kappa shape index (κ3) is 68.4. The Bertz CT molecular complexity index is 1370. The smallest absolute Gasteiger partial charge is 0.306 e. The van der Waals surface area contributed by atoms with E-state index in [1.807, 2.05) is 0 Å². The fraction of sp³-hybridized carbons (Fsp3) is 0.882. The fourth-order valence-corrected chi connectivity index (χ4v) is 11.3. The monoisotopic (exact) mass is 1150 g/mol. The zero-order valence-corrected chi connectivity index (χ0v) is 55.5. The summed E-state index contributed by atoms with van der Waals surface area (Å²) in [7, 11) is 0. The molecule has 1 unspecified atom stereocenters. The summed E-state index contributed by atoms with van der Waals surface area (Å²) in [6, 6.07) is 0. The Morgan fingerprint density at radius 3 is 0.683 bits per heavy atom. The first kappa shape index (κ1) is 79.6. The first-order valence-corrected chi connectivity index (χ1v) is 37.0. The van der Waals surface area contributed by atoms with E-state index >= 15 is 0 Å². The van der Waals surface area contributed by atoms with Gasteiger partial charge in [0.05, 0.1) is 0 Å². The van der Waals surface area contributed by atoms with Gasteiger partial charge in [0, 0.05) is 19.3 Å². The van der Waals surface area contributed by atoms with Crippen LogP contribution in [0.3, 0.4) is 0 Å². The van der Waals surface area contributed by atoms with E-state index in [1.165, 1.54) is 302 Å². The van der Waals surface area contributed by atoms with Gasteiger partial charge in [-0.2, -0.15) is 0 Å². The zero-order valence-electron chi connectivity index (χ0n) is 55.5. The Balaban J connectivity index is 4.23. The van der Waals surface area contributed by atoms with Crippen molar-refractivity contribution in [2.24, 2.45) is 0 Å². The van der Waals surface area contributed by atoms with Gasteiger partial charge < -0.3 is 14.2 Å². The van der Waals surface area contributed by atoms with Crippen molar-refractivity contribution < 1.29 is 28.6 Å². The molecule has 482 valence electrons. The molecule has 0 heterocycles. The lowest BCUT2D eigenvalue weighted by Gasteiger charge is -2.18. The molecule has 0 aliphatic carbocycles. The zero-order chi connectivity index (χ0) is 59.2. The molecule has 0 bridgehead atoms. The molecule has 1 atom stereocenters. The first-order valence-electron chi connectivity index (χ1n) is 37.0. The highest BCUT2D eigenvalue weighted by Crippen LogP contribution is 2.19. The Kier molecular flexibility index (Phi) is 69.1. The standard InChI is InChI=1S/C76H142O6/c1-4-7-10-13-16-19-22-25-28-31-33-34-35-36-37-38-39-40-41-42-43-46-48-51-54-57-60-63-66-69-75(78)81-72-73(71-80-74(77)68-65-62-59-56-53-50-47-44-30-27-24-21-18-15-12-9-6-3)82-76(79)70-67-64-61-58-55-52-49-45-32-29-26-23-20-17-14-11-8-5-2/h22,25,31,33,35-36,73H,4-21,23-24,26-30,32,34,37-72H2,1-3H3/b25-22-,33-31-,36-35-. The molecule has 6 nitrogen and oxygen atoms in total. The minimum absolute atomic E-state index is 0.0647. The number of rotatable bonds is 69. The number of esters is 3. The molecule has 82 heavy (non-hydrogen) atoms. The van der Waals surface area contributed by atoms with Crippen LogP contribution >= 0.6 is 0 Å².